The van der Waals surface area contributed by atoms with Crippen LogP contribution in [0.1, 0.15) is 30.6 Å². The molecule has 0 bridgehead atoms. The third kappa shape index (κ3) is 5.12. The number of anilines is 2. The van der Waals surface area contributed by atoms with Gasteiger partial charge in [-0.05, 0) is 40.4 Å². The molecule has 2 aromatic rings. The minimum atomic E-state index is -0.593. The van der Waals surface area contributed by atoms with Crippen LogP contribution in [0.25, 0.3) is 0 Å². The van der Waals surface area contributed by atoms with E-state index >= 15 is 0 Å². The third-order valence-electron chi connectivity index (χ3n) is 3.43. The predicted molar refractivity (Wildman–Crippen MR) is 102 cm³/mol. The van der Waals surface area contributed by atoms with Crippen molar-refractivity contribution in [3.05, 3.63) is 50.7 Å². The van der Waals surface area contributed by atoms with E-state index in [-0.39, 0.29) is 17.3 Å². The van der Waals surface area contributed by atoms with Crippen LogP contribution in [0.5, 0.6) is 0 Å². The van der Waals surface area contributed by atoms with Gasteiger partial charge in [0.2, 0.25) is 11.6 Å². The fourth-order valence-corrected chi connectivity index (χ4v) is 2.55. The van der Waals surface area contributed by atoms with Gasteiger partial charge in [-0.15, -0.1) is 0 Å². The number of nitrogens with one attached hydrogen (secondary N) is 3. The molecule has 1 amide bonds. The molecular weight excluding hydrogens is 404 g/mol. The maximum Gasteiger partial charge on any atom is 0.354 e. The molecule has 0 saturated carbocycles. The van der Waals surface area contributed by atoms with Gasteiger partial charge < -0.3 is 5.32 Å². The summed E-state index contributed by atoms with van der Waals surface area (Å²) in [7, 11) is 0. The highest BCUT2D eigenvalue weighted by Gasteiger charge is 2.23. The highest BCUT2D eigenvalue weighted by molar-refractivity contribution is 9.10. The molecule has 0 aliphatic heterocycles. The molecule has 0 saturated heterocycles. The van der Waals surface area contributed by atoms with E-state index in [0.717, 1.165) is 6.42 Å². The van der Waals surface area contributed by atoms with E-state index in [2.05, 4.69) is 55.9 Å². The van der Waals surface area contributed by atoms with Gasteiger partial charge in [0.15, 0.2) is 0 Å². The van der Waals surface area contributed by atoms with Crippen molar-refractivity contribution in [2.45, 2.75) is 20.3 Å². The summed E-state index contributed by atoms with van der Waals surface area (Å²) in [6, 6.07) is 6.83. The summed E-state index contributed by atoms with van der Waals surface area (Å²) in [6.07, 6.45) is 2.03. The monoisotopic (exact) mass is 422 g/mol. The maximum atomic E-state index is 12.2. The number of benzene rings is 1. The maximum absolute atomic E-state index is 12.2. The van der Waals surface area contributed by atoms with Gasteiger partial charge >= 0.3 is 5.69 Å². The zero-order chi connectivity index (χ0) is 19.1. The number of amides is 1. The largest absolute Gasteiger partial charge is 0.364 e. The van der Waals surface area contributed by atoms with Crippen LogP contribution in [-0.2, 0) is 0 Å². The van der Waals surface area contributed by atoms with Crippen LogP contribution in [0.2, 0.25) is 0 Å². The fraction of sp³-hybridized carbons (Fsp3) is 0.312. The number of carbonyl (C=O) groups is 1. The number of hydrogen-bond donors (Lipinski definition) is 3. The highest BCUT2D eigenvalue weighted by Crippen LogP contribution is 2.28. The van der Waals surface area contributed by atoms with Crippen molar-refractivity contribution in [2.75, 3.05) is 17.3 Å². The molecule has 0 unspecified atom stereocenters. The van der Waals surface area contributed by atoms with Crippen LogP contribution in [0.3, 0.4) is 0 Å². The second kappa shape index (κ2) is 9.09. The second-order valence-electron chi connectivity index (χ2n) is 5.84. The highest BCUT2D eigenvalue weighted by atomic mass is 79.9. The van der Waals surface area contributed by atoms with E-state index in [9.17, 15) is 14.9 Å². The lowest BCUT2D eigenvalue weighted by molar-refractivity contribution is -0.383. The van der Waals surface area contributed by atoms with E-state index in [4.69, 9.17) is 0 Å². The lowest BCUT2D eigenvalue weighted by Gasteiger charge is -2.12. The molecule has 1 aromatic heterocycles. The molecule has 1 aromatic carbocycles. The van der Waals surface area contributed by atoms with Crippen molar-refractivity contribution < 1.29 is 9.72 Å². The van der Waals surface area contributed by atoms with Crippen molar-refractivity contribution in [2.24, 2.45) is 5.92 Å². The summed E-state index contributed by atoms with van der Waals surface area (Å²) in [5.74, 6) is -0.00922. The molecule has 0 radical (unpaired) electrons. The van der Waals surface area contributed by atoms with Crippen molar-refractivity contribution >= 4 is 39.2 Å². The number of carbonyl (C=O) groups excluding carboxylic acids is 1. The molecule has 0 spiro atoms. The topological polar surface area (TPSA) is 122 Å². The molecule has 1 heterocycles. The quantitative estimate of drug-likeness (QED) is 0.440. The molecule has 10 heteroatoms. The Hall–Kier alpha value is -2.75. The van der Waals surface area contributed by atoms with Gasteiger partial charge in [-0.2, -0.15) is 0 Å². The van der Waals surface area contributed by atoms with Crippen LogP contribution < -0.4 is 16.2 Å². The first-order valence-electron chi connectivity index (χ1n) is 7.94. The molecule has 26 heavy (non-hydrogen) atoms. The van der Waals surface area contributed by atoms with Gasteiger partial charge in [0.25, 0.3) is 5.91 Å². The standard InChI is InChI=1S/C16H19BrN6O3/c1-10(2)7-8-18-14-13(23(25)26)15(20-9-19-14)21-22-16(24)11-5-3-4-6-12(11)17/h3-6,9-10H,7-8H2,1-2H3,(H,22,24)(H2,18,19,20,21). The van der Waals surface area contributed by atoms with Crippen LogP contribution in [0, 0.1) is 16.0 Å². The minimum Gasteiger partial charge on any atom is -0.364 e. The van der Waals surface area contributed by atoms with Gasteiger partial charge in [-0.1, -0.05) is 26.0 Å². The van der Waals surface area contributed by atoms with Crippen LogP contribution >= 0.6 is 15.9 Å². The number of rotatable bonds is 8. The normalized spacial score (nSPS) is 10.5. The predicted octanol–water partition coefficient (Wildman–Crippen LogP) is 3.36. The van der Waals surface area contributed by atoms with E-state index < -0.39 is 10.8 Å². The molecule has 0 aliphatic rings. The summed E-state index contributed by atoms with van der Waals surface area (Å²) in [6.45, 7) is 4.65. The van der Waals surface area contributed by atoms with Crippen LogP contribution in [-0.4, -0.2) is 27.3 Å². The SMILES string of the molecule is CC(C)CCNc1ncnc(NNC(=O)c2ccccc2Br)c1[N+](=O)[O-]. The molecule has 9 nitrogen and oxygen atoms in total. The first-order chi connectivity index (χ1) is 12.4. The van der Waals surface area contributed by atoms with Gasteiger partial charge in [0.1, 0.15) is 6.33 Å². The van der Waals surface area contributed by atoms with E-state index in [1.807, 2.05) is 0 Å². The Morgan fingerprint density at radius 3 is 2.62 bits per heavy atom. The number of nitrogens with zero attached hydrogens (tertiary/aromatic N) is 3. The lowest BCUT2D eigenvalue weighted by atomic mass is 10.1. The van der Waals surface area contributed by atoms with Crippen molar-refractivity contribution in [1.29, 1.82) is 0 Å². The molecular formula is C16H19BrN6O3. The number of nitro groups is 1. The average Bonchev–Trinajstić information content (AvgIpc) is 2.59. The Balaban J connectivity index is 2.14. The lowest BCUT2D eigenvalue weighted by Crippen LogP contribution is -2.30. The van der Waals surface area contributed by atoms with Gasteiger partial charge in [0.05, 0.1) is 10.5 Å². The molecule has 0 aliphatic carbocycles. The Bertz CT molecular complexity index is 799. The minimum absolute atomic E-state index is 0.0996. The van der Waals surface area contributed by atoms with Gasteiger partial charge in [-0.3, -0.25) is 25.8 Å². The molecule has 3 N–H and O–H groups in total. The summed E-state index contributed by atoms with van der Waals surface area (Å²) < 4.78 is 0.604. The van der Waals surface area contributed by atoms with E-state index in [1.54, 1.807) is 24.3 Å². The van der Waals surface area contributed by atoms with Crippen molar-refractivity contribution in [3.63, 3.8) is 0 Å². The van der Waals surface area contributed by atoms with Gasteiger partial charge in [0, 0.05) is 11.0 Å². The summed E-state index contributed by atoms with van der Waals surface area (Å²) in [5.41, 5.74) is 4.97. The third-order valence-corrected chi connectivity index (χ3v) is 4.12. The number of hydrazine groups is 1. The Morgan fingerprint density at radius 1 is 1.27 bits per heavy atom. The summed E-state index contributed by atoms with van der Waals surface area (Å²) in [4.78, 5) is 30.9. The zero-order valence-electron chi connectivity index (χ0n) is 14.3. The molecule has 2 rings (SSSR count). The van der Waals surface area contributed by atoms with E-state index in [0.29, 0.717) is 22.5 Å². The second-order valence-corrected chi connectivity index (χ2v) is 6.70. The number of hydrogen-bond acceptors (Lipinski definition) is 7. The van der Waals surface area contributed by atoms with Crippen molar-refractivity contribution in [1.82, 2.24) is 15.4 Å². The molecule has 0 atom stereocenters. The Labute approximate surface area is 158 Å². The average molecular weight is 423 g/mol. The van der Waals surface area contributed by atoms with E-state index in [1.165, 1.54) is 6.33 Å². The van der Waals surface area contributed by atoms with Gasteiger partial charge in [-0.25, -0.2) is 9.97 Å². The van der Waals surface area contributed by atoms with Crippen LogP contribution in [0.15, 0.2) is 35.1 Å². The smallest absolute Gasteiger partial charge is 0.354 e. The number of aromatic nitrogens is 2. The first kappa shape index (κ1) is 19.6. The molecule has 138 valence electrons. The van der Waals surface area contributed by atoms with Crippen LogP contribution in [0.4, 0.5) is 17.3 Å². The summed E-state index contributed by atoms with van der Waals surface area (Å²) in [5, 5.41) is 14.4. The molecule has 0 fully saturated rings. The summed E-state index contributed by atoms with van der Waals surface area (Å²) >= 11 is 3.28. The van der Waals surface area contributed by atoms with Crippen molar-refractivity contribution in [3.8, 4) is 0 Å². The fourth-order valence-electron chi connectivity index (χ4n) is 2.08. The Morgan fingerprint density at radius 2 is 1.96 bits per heavy atom. The first-order valence-corrected chi connectivity index (χ1v) is 8.73. The zero-order valence-corrected chi connectivity index (χ0v) is 15.9. The Kier molecular flexibility index (Phi) is 6.84. The number of halogens is 1.